The monoisotopic (exact) mass is 257 g/mol. The van der Waals surface area contributed by atoms with Crippen LogP contribution in [0.5, 0.6) is 0 Å². The second-order valence-electron chi connectivity index (χ2n) is 4.03. The highest BCUT2D eigenvalue weighted by Crippen LogP contribution is 2.20. The highest BCUT2D eigenvalue weighted by atomic mass is 32.2. The van der Waals surface area contributed by atoms with Crippen LogP contribution >= 0.6 is 0 Å². The maximum Gasteiger partial charge on any atom is 0.264 e. The molecule has 0 radical (unpaired) electrons. The molecule has 5 heteroatoms. The molecule has 0 saturated heterocycles. The third-order valence-corrected chi connectivity index (χ3v) is 3.43. The fourth-order valence-electron chi connectivity index (χ4n) is 1.74. The van der Waals surface area contributed by atoms with Gasteiger partial charge >= 0.3 is 0 Å². The first kappa shape index (κ1) is 14.0. The van der Waals surface area contributed by atoms with Crippen LogP contribution in [0.3, 0.4) is 0 Å². The summed E-state index contributed by atoms with van der Waals surface area (Å²) in [7, 11) is -3.84. The molecule has 0 bridgehead atoms. The quantitative estimate of drug-likeness (QED) is 0.606. The molecule has 0 aliphatic rings. The molecule has 1 aromatic carbocycles. The first-order chi connectivity index (χ1) is 7.94. The van der Waals surface area contributed by atoms with Crippen molar-refractivity contribution in [1.82, 2.24) is 0 Å². The van der Waals surface area contributed by atoms with Gasteiger partial charge in [-0.05, 0) is 30.9 Å². The Morgan fingerprint density at radius 2 is 2.06 bits per heavy atom. The molecule has 0 unspecified atom stereocenters. The molecule has 1 rings (SSSR count). The van der Waals surface area contributed by atoms with Crippen molar-refractivity contribution in [2.75, 3.05) is 17.6 Å². The van der Waals surface area contributed by atoms with Gasteiger partial charge in [-0.2, -0.15) is 8.42 Å². The topological polar surface area (TPSA) is 66.4 Å². The molecule has 17 heavy (non-hydrogen) atoms. The molecule has 0 spiro atoms. The highest BCUT2D eigenvalue weighted by Gasteiger charge is 2.06. The number of nitrogens with one attached hydrogen (secondary N) is 1. The maximum absolute atomic E-state index is 10.6. The Labute approximate surface area is 103 Å². The van der Waals surface area contributed by atoms with Crippen molar-refractivity contribution in [1.29, 1.82) is 0 Å². The molecule has 0 fully saturated rings. The average Bonchev–Trinajstić information content (AvgIpc) is 2.24. The summed E-state index contributed by atoms with van der Waals surface area (Å²) in [5.74, 6) is -0.201. The third kappa shape index (κ3) is 4.75. The second kappa shape index (κ2) is 6.02. The molecule has 1 aromatic rings. The SMILES string of the molecule is CCc1cccc(C)c1NCCCS(=O)(=O)O. The largest absolute Gasteiger partial charge is 0.385 e. The standard InChI is InChI=1S/C12H19NO3S/c1-3-11-7-4-6-10(2)12(11)13-8-5-9-17(14,15)16/h4,6-7,13H,3,5,8-9H2,1-2H3,(H,14,15,16). The van der Waals surface area contributed by atoms with Gasteiger partial charge in [0.25, 0.3) is 10.1 Å². The smallest absolute Gasteiger partial charge is 0.264 e. The van der Waals surface area contributed by atoms with E-state index in [0.717, 1.165) is 17.7 Å². The molecule has 0 aliphatic heterocycles. The fraction of sp³-hybridized carbons (Fsp3) is 0.500. The van der Waals surface area contributed by atoms with E-state index in [1.165, 1.54) is 5.56 Å². The fourth-order valence-corrected chi connectivity index (χ4v) is 2.25. The highest BCUT2D eigenvalue weighted by molar-refractivity contribution is 7.85. The van der Waals surface area contributed by atoms with Crippen LogP contribution in [0.15, 0.2) is 18.2 Å². The van der Waals surface area contributed by atoms with Gasteiger partial charge in [-0.25, -0.2) is 0 Å². The first-order valence-corrected chi connectivity index (χ1v) is 7.32. The van der Waals surface area contributed by atoms with Crippen molar-refractivity contribution in [3.05, 3.63) is 29.3 Å². The summed E-state index contributed by atoms with van der Waals surface area (Å²) in [4.78, 5) is 0. The van der Waals surface area contributed by atoms with Crippen LogP contribution < -0.4 is 5.32 Å². The van der Waals surface area contributed by atoms with Crippen LogP contribution in [0, 0.1) is 6.92 Å². The molecule has 0 atom stereocenters. The van der Waals surface area contributed by atoms with Crippen molar-refractivity contribution in [2.45, 2.75) is 26.7 Å². The molecule has 0 aliphatic carbocycles. The lowest BCUT2D eigenvalue weighted by atomic mass is 10.1. The van der Waals surface area contributed by atoms with Gasteiger partial charge in [0.15, 0.2) is 0 Å². The van der Waals surface area contributed by atoms with Gasteiger partial charge in [0.2, 0.25) is 0 Å². The van der Waals surface area contributed by atoms with Crippen LogP contribution in [0.1, 0.15) is 24.5 Å². The lowest BCUT2D eigenvalue weighted by Gasteiger charge is -2.13. The van der Waals surface area contributed by atoms with Crippen molar-refractivity contribution in [3.63, 3.8) is 0 Å². The van der Waals surface area contributed by atoms with Gasteiger partial charge in [-0.1, -0.05) is 25.1 Å². The number of hydrogen-bond acceptors (Lipinski definition) is 3. The summed E-state index contributed by atoms with van der Waals surface area (Å²) in [6, 6.07) is 6.08. The molecular weight excluding hydrogens is 238 g/mol. The maximum atomic E-state index is 10.6. The minimum atomic E-state index is -3.84. The van der Waals surface area contributed by atoms with Gasteiger partial charge in [0.1, 0.15) is 0 Å². The molecule has 0 saturated carbocycles. The Hall–Kier alpha value is -1.07. The van der Waals surface area contributed by atoms with E-state index in [2.05, 4.69) is 18.3 Å². The van der Waals surface area contributed by atoms with Crippen LogP contribution in [0.4, 0.5) is 5.69 Å². The Morgan fingerprint density at radius 3 is 2.65 bits per heavy atom. The molecule has 2 N–H and O–H groups in total. The van der Waals surface area contributed by atoms with E-state index >= 15 is 0 Å². The summed E-state index contributed by atoms with van der Waals surface area (Å²) in [5.41, 5.74) is 3.44. The van der Waals surface area contributed by atoms with Gasteiger partial charge in [0, 0.05) is 12.2 Å². The average molecular weight is 257 g/mol. The zero-order chi connectivity index (χ0) is 12.9. The molecule has 0 aromatic heterocycles. The van der Waals surface area contributed by atoms with Crippen LogP contribution in [-0.4, -0.2) is 25.3 Å². The zero-order valence-corrected chi connectivity index (χ0v) is 11.0. The summed E-state index contributed by atoms with van der Waals surface area (Å²) >= 11 is 0. The molecule has 4 nitrogen and oxygen atoms in total. The Morgan fingerprint density at radius 1 is 1.35 bits per heavy atom. The Kier molecular flexibility index (Phi) is 4.96. The van der Waals surface area contributed by atoms with E-state index in [1.807, 2.05) is 19.1 Å². The summed E-state index contributed by atoms with van der Waals surface area (Å²) in [6.45, 7) is 4.64. The lowest BCUT2D eigenvalue weighted by Crippen LogP contribution is -2.11. The van der Waals surface area contributed by atoms with Crippen LogP contribution in [-0.2, 0) is 16.5 Å². The molecule has 0 amide bonds. The minimum absolute atomic E-state index is 0.201. The summed E-state index contributed by atoms with van der Waals surface area (Å²) < 4.78 is 29.7. The van der Waals surface area contributed by atoms with Gasteiger partial charge < -0.3 is 5.32 Å². The van der Waals surface area contributed by atoms with Crippen molar-refractivity contribution in [2.24, 2.45) is 0 Å². The predicted octanol–water partition coefficient (Wildman–Crippen LogP) is 2.25. The van der Waals surface area contributed by atoms with E-state index in [0.29, 0.717) is 13.0 Å². The van der Waals surface area contributed by atoms with E-state index in [1.54, 1.807) is 0 Å². The van der Waals surface area contributed by atoms with E-state index in [4.69, 9.17) is 4.55 Å². The second-order valence-corrected chi connectivity index (χ2v) is 5.60. The van der Waals surface area contributed by atoms with Crippen LogP contribution in [0.2, 0.25) is 0 Å². The molecular formula is C12H19NO3S. The van der Waals surface area contributed by atoms with E-state index < -0.39 is 10.1 Å². The van der Waals surface area contributed by atoms with Crippen molar-refractivity contribution < 1.29 is 13.0 Å². The van der Waals surface area contributed by atoms with Gasteiger partial charge in [0.05, 0.1) is 5.75 Å². The Balaban J connectivity index is 2.57. The Bertz CT molecular complexity index is 469. The predicted molar refractivity (Wildman–Crippen MR) is 70.1 cm³/mol. The van der Waals surface area contributed by atoms with E-state index in [9.17, 15) is 8.42 Å². The van der Waals surface area contributed by atoms with Gasteiger partial charge in [-0.15, -0.1) is 0 Å². The lowest BCUT2D eigenvalue weighted by molar-refractivity contribution is 0.481. The zero-order valence-electron chi connectivity index (χ0n) is 10.2. The van der Waals surface area contributed by atoms with E-state index in [-0.39, 0.29) is 5.75 Å². The third-order valence-electron chi connectivity index (χ3n) is 2.62. The number of anilines is 1. The molecule has 96 valence electrons. The number of rotatable bonds is 6. The summed E-state index contributed by atoms with van der Waals surface area (Å²) in [5, 5.41) is 3.23. The first-order valence-electron chi connectivity index (χ1n) is 5.71. The number of benzene rings is 1. The van der Waals surface area contributed by atoms with Crippen molar-refractivity contribution in [3.8, 4) is 0 Å². The number of para-hydroxylation sites is 1. The number of hydrogen-bond donors (Lipinski definition) is 2. The normalized spacial score (nSPS) is 11.5. The van der Waals surface area contributed by atoms with Crippen LogP contribution in [0.25, 0.3) is 0 Å². The van der Waals surface area contributed by atoms with Gasteiger partial charge in [-0.3, -0.25) is 4.55 Å². The molecule has 0 heterocycles. The summed E-state index contributed by atoms with van der Waals surface area (Å²) in [6.07, 6.45) is 1.33. The number of aryl methyl sites for hydroxylation is 2. The minimum Gasteiger partial charge on any atom is -0.385 e. The van der Waals surface area contributed by atoms with Crippen molar-refractivity contribution >= 4 is 15.8 Å².